The summed E-state index contributed by atoms with van der Waals surface area (Å²) in [6.45, 7) is 4.12. The Bertz CT molecular complexity index is 1090. The highest BCUT2D eigenvalue weighted by atomic mass is 32.2. The third-order valence-corrected chi connectivity index (χ3v) is 9.02. The van der Waals surface area contributed by atoms with Gasteiger partial charge in [-0.1, -0.05) is 64.2 Å². The summed E-state index contributed by atoms with van der Waals surface area (Å²) < 4.78 is 80.6. The number of amides is 1. The van der Waals surface area contributed by atoms with Gasteiger partial charge in [-0.05, 0) is 50.3 Å². The Hall–Kier alpha value is -2.11. The number of alkyl halides is 3. The first-order valence-corrected chi connectivity index (χ1v) is 15.6. The number of methoxy groups -OCH3 is 1. The minimum Gasteiger partial charge on any atom is -0.381 e. The molecule has 0 saturated heterocycles. The van der Waals surface area contributed by atoms with E-state index < -0.39 is 27.2 Å². The average Bonchev–Trinajstić information content (AvgIpc) is 2.91. The van der Waals surface area contributed by atoms with E-state index in [1.54, 1.807) is 24.3 Å². The molecule has 3 rings (SSSR count). The molecule has 1 aliphatic heterocycles. The minimum atomic E-state index is -5.88. The lowest BCUT2D eigenvalue weighted by Gasteiger charge is -2.58. The molecule has 0 aromatic heterocycles. The first kappa shape index (κ1) is 32.4. The summed E-state index contributed by atoms with van der Waals surface area (Å²) in [6.07, 6.45) is 8.10. The molecule has 226 valence electrons. The maximum atomic E-state index is 14.3. The highest BCUT2D eigenvalue weighted by Crippen LogP contribution is 2.51. The molecule has 1 aromatic rings. The third-order valence-electron chi connectivity index (χ3n) is 8.02. The quantitative estimate of drug-likeness (QED) is 0.107. The maximum absolute atomic E-state index is 14.3. The van der Waals surface area contributed by atoms with Gasteiger partial charge in [-0.3, -0.25) is 4.79 Å². The molecule has 1 fully saturated rings. The van der Waals surface area contributed by atoms with Gasteiger partial charge in [0.05, 0.1) is 17.7 Å². The first-order valence-electron chi connectivity index (χ1n) is 14.2. The van der Waals surface area contributed by atoms with E-state index in [0.717, 1.165) is 32.1 Å². The van der Waals surface area contributed by atoms with Gasteiger partial charge in [-0.15, -0.1) is 0 Å². The molecular weight excluding hydrogens is 547 g/mol. The minimum absolute atomic E-state index is 0.0393. The summed E-state index contributed by atoms with van der Waals surface area (Å²) >= 11 is 0. The van der Waals surface area contributed by atoms with Crippen LogP contribution in [0.2, 0.25) is 0 Å². The Balaban J connectivity index is 2.19. The lowest BCUT2D eigenvalue weighted by atomic mass is 9.64. The van der Waals surface area contributed by atoms with Crippen LogP contribution in [0.4, 0.5) is 13.2 Å². The van der Waals surface area contributed by atoms with E-state index in [2.05, 4.69) is 0 Å². The Morgan fingerprint density at radius 2 is 1.77 bits per heavy atom. The molecule has 11 heteroatoms. The van der Waals surface area contributed by atoms with E-state index in [0.29, 0.717) is 37.7 Å². The number of unbranched alkanes of at least 4 members (excludes halogenated alkanes) is 3. The van der Waals surface area contributed by atoms with Gasteiger partial charge >= 0.3 is 15.6 Å². The van der Waals surface area contributed by atoms with Gasteiger partial charge in [-0.25, -0.2) is 0 Å². The molecule has 1 aromatic carbocycles. The van der Waals surface area contributed by atoms with Gasteiger partial charge in [0.25, 0.3) is 5.91 Å². The van der Waals surface area contributed by atoms with Crippen molar-refractivity contribution in [1.29, 1.82) is 0 Å². The van der Waals surface area contributed by atoms with E-state index in [4.69, 9.17) is 13.7 Å². The number of halogens is 3. The van der Waals surface area contributed by atoms with Crippen molar-refractivity contribution >= 4 is 16.0 Å². The first-order chi connectivity index (χ1) is 19.0. The van der Waals surface area contributed by atoms with Crippen LogP contribution in [0.25, 0.3) is 0 Å². The van der Waals surface area contributed by atoms with Crippen molar-refractivity contribution in [1.82, 2.24) is 4.90 Å². The third kappa shape index (κ3) is 7.39. The molecule has 0 bridgehead atoms. The van der Waals surface area contributed by atoms with Gasteiger partial charge in [0.1, 0.15) is 12.6 Å². The predicted octanol–water partition coefficient (Wildman–Crippen LogP) is 6.95. The number of hydrogen-bond donors (Lipinski definition) is 0. The number of rotatable bonds is 13. The van der Waals surface area contributed by atoms with E-state index >= 15 is 0 Å². The van der Waals surface area contributed by atoms with E-state index in [1.807, 2.05) is 24.8 Å². The van der Waals surface area contributed by atoms with Crippen LogP contribution in [0, 0.1) is 5.92 Å². The van der Waals surface area contributed by atoms with Crippen LogP contribution >= 0.6 is 0 Å². The molecule has 0 radical (unpaired) electrons. The number of benzene rings is 1. The fraction of sp³-hybridized carbons (Fsp3) is 0.690. The molecule has 4 atom stereocenters. The highest BCUT2D eigenvalue weighted by molar-refractivity contribution is 7.87. The normalized spacial score (nSPS) is 25.6. The van der Waals surface area contributed by atoms with Gasteiger partial charge in [0, 0.05) is 25.0 Å². The van der Waals surface area contributed by atoms with Crippen LogP contribution in [-0.4, -0.2) is 56.3 Å². The van der Waals surface area contributed by atoms with Crippen molar-refractivity contribution in [3.8, 4) is 0 Å². The second-order valence-electron chi connectivity index (χ2n) is 10.8. The Morgan fingerprint density at radius 3 is 2.40 bits per heavy atom. The SMILES string of the molecule is CCCCC[C@H]1C=C(OS(=O)(=O)C(F)(F)F)C[C@]2(CCC[C@@H](OCOC)[C@@H]2CCCC)N1C(=O)c1ccccc1. The molecule has 1 amide bonds. The van der Waals surface area contributed by atoms with Crippen LogP contribution in [0.3, 0.4) is 0 Å². The van der Waals surface area contributed by atoms with Crippen LogP contribution in [0.15, 0.2) is 42.2 Å². The fourth-order valence-electron chi connectivity index (χ4n) is 6.29. The zero-order chi connectivity index (χ0) is 29.4. The molecule has 0 unspecified atom stereocenters. The number of carbonyl (C=O) groups excluding carboxylic acids is 1. The Morgan fingerprint density at radius 1 is 1.07 bits per heavy atom. The Kier molecular flexibility index (Phi) is 11.5. The molecule has 1 aliphatic carbocycles. The zero-order valence-corrected chi connectivity index (χ0v) is 24.4. The molecule has 1 saturated carbocycles. The van der Waals surface area contributed by atoms with Gasteiger partial charge in [0.2, 0.25) is 0 Å². The molecule has 1 heterocycles. The van der Waals surface area contributed by atoms with E-state index in [1.165, 1.54) is 13.2 Å². The monoisotopic (exact) mass is 589 g/mol. The molecule has 2 aliphatic rings. The fourth-order valence-corrected chi connectivity index (χ4v) is 6.78. The zero-order valence-electron chi connectivity index (χ0n) is 23.6. The van der Waals surface area contributed by atoms with E-state index in [-0.39, 0.29) is 36.9 Å². The summed E-state index contributed by atoms with van der Waals surface area (Å²) in [5, 5.41) is 0. The summed E-state index contributed by atoms with van der Waals surface area (Å²) in [4.78, 5) is 16.1. The largest absolute Gasteiger partial charge is 0.534 e. The lowest BCUT2D eigenvalue weighted by Crippen LogP contribution is -2.65. The second kappa shape index (κ2) is 14.2. The summed E-state index contributed by atoms with van der Waals surface area (Å²) in [7, 11) is -4.36. The van der Waals surface area contributed by atoms with Crippen LogP contribution in [-0.2, 0) is 23.8 Å². The van der Waals surface area contributed by atoms with Crippen LogP contribution in [0.5, 0.6) is 0 Å². The van der Waals surface area contributed by atoms with E-state index in [9.17, 15) is 26.4 Å². The number of ether oxygens (including phenoxy) is 2. The van der Waals surface area contributed by atoms with Gasteiger partial charge in [-0.2, -0.15) is 21.6 Å². The van der Waals surface area contributed by atoms with Crippen LogP contribution in [0.1, 0.15) is 94.8 Å². The topological polar surface area (TPSA) is 82.1 Å². The Labute approximate surface area is 236 Å². The molecular formula is C29H42F3NO6S. The van der Waals surface area contributed by atoms with Crippen molar-refractivity contribution in [3.05, 3.63) is 47.7 Å². The average molecular weight is 590 g/mol. The molecule has 7 nitrogen and oxygen atoms in total. The summed E-state index contributed by atoms with van der Waals surface area (Å²) in [5.74, 6) is -0.756. The maximum Gasteiger partial charge on any atom is 0.534 e. The lowest BCUT2D eigenvalue weighted by molar-refractivity contribution is -0.144. The van der Waals surface area contributed by atoms with Crippen LogP contribution < -0.4 is 0 Å². The molecule has 40 heavy (non-hydrogen) atoms. The number of carbonyl (C=O) groups is 1. The highest BCUT2D eigenvalue weighted by Gasteiger charge is 2.57. The molecule has 0 N–H and O–H groups in total. The van der Waals surface area contributed by atoms with Crippen molar-refractivity contribution in [3.63, 3.8) is 0 Å². The van der Waals surface area contributed by atoms with Crippen molar-refractivity contribution in [2.45, 2.75) is 108 Å². The molecule has 1 spiro atoms. The summed E-state index contributed by atoms with van der Waals surface area (Å²) in [6, 6.07) is 8.18. The smallest absolute Gasteiger partial charge is 0.381 e. The number of nitrogens with zero attached hydrogens (tertiary/aromatic N) is 1. The van der Waals surface area contributed by atoms with Crippen molar-refractivity contribution in [2.24, 2.45) is 5.92 Å². The van der Waals surface area contributed by atoms with Gasteiger partial charge < -0.3 is 18.6 Å². The van der Waals surface area contributed by atoms with Crippen molar-refractivity contribution in [2.75, 3.05) is 13.9 Å². The predicted molar refractivity (Wildman–Crippen MR) is 146 cm³/mol. The number of hydrogen-bond acceptors (Lipinski definition) is 6. The second-order valence-corrected chi connectivity index (χ2v) is 12.3. The summed E-state index contributed by atoms with van der Waals surface area (Å²) in [5.41, 5.74) is -6.09. The van der Waals surface area contributed by atoms with Gasteiger partial charge in [0.15, 0.2) is 0 Å². The standard InChI is InChI=1S/C29H42F3NO6S/c1-4-6-9-15-23-19-24(39-40(35,36)29(30,31)32)20-28(33(23)27(34)22-13-10-8-11-14-22)18-12-17-26(38-21-37-3)25(28)16-7-5-2/h8,10-11,13-14,19,23,25-26H,4-7,9,12,15-18,20-21H2,1-3H3/t23-,25-,26+,28-/m0/s1. The van der Waals surface area contributed by atoms with Crippen molar-refractivity contribution < 1.29 is 40.0 Å².